The van der Waals surface area contributed by atoms with E-state index in [1.165, 1.54) is 7.11 Å². The number of aryl methyl sites for hydroxylation is 1. The van der Waals surface area contributed by atoms with Crippen molar-refractivity contribution >= 4 is 23.3 Å². The minimum absolute atomic E-state index is 0.277. The molecule has 1 heterocycles. The quantitative estimate of drug-likeness (QED) is 0.578. The summed E-state index contributed by atoms with van der Waals surface area (Å²) < 4.78 is 4.61. The van der Waals surface area contributed by atoms with E-state index in [1.54, 1.807) is 25.1 Å². The van der Waals surface area contributed by atoms with Gasteiger partial charge in [0.2, 0.25) is 0 Å². The summed E-state index contributed by atoms with van der Waals surface area (Å²) in [6, 6.07) is 4.85. The van der Waals surface area contributed by atoms with Crippen LogP contribution in [0.2, 0.25) is 0 Å². The van der Waals surface area contributed by atoms with Crippen LogP contribution in [0, 0.1) is 6.92 Å². The molecule has 0 bridgehead atoms. The average Bonchev–Trinajstić information content (AvgIpc) is 2.36. The van der Waals surface area contributed by atoms with Gasteiger partial charge in [0.05, 0.1) is 29.4 Å². The van der Waals surface area contributed by atoms with Crippen molar-refractivity contribution in [1.82, 2.24) is 9.97 Å². The summed E-state index contributed by atoms with van der Waals surface area (Å²) in [5.74, 6) is -0.443. The van der Waals surface area contributed by atoms with Crippen LogP contribution in [0.3, 0.4) is 0 Å². The number of rotatable bonds is 2. The average molecular weight is 230 g/mol. The molecule has 2 aromatic rings. The topological polar surface area (TPSA) is 69.2 Å². The van der Waals surface area contributed by atoms with Crippen LogP contribution in [-0.2, 0) is 4.74 Å². The summed E-state index contributed by atoms with van der Waals surface area (Å²) in [7, 11) is 1.31. The van der Waals surface area contributed by atoms with E-state index in [1.807, 2.05) is 0 Å². The minimum Gasteiger partial charge on any atom is -0.465 e. The molecular weight excluding hydrogens is 220 g/mol. The molecule has 86 valence electrons. The number of aromatic nitrogens is 2. The van der Waals surface area contributed by atoms with E-state index in [0.717, 1.165) is 0 Å². The van der Waals surface area contributed by atoms with Crippen LogP contribution in [0.1, 0.15) is 26.5 Å². The van der Waals surface area contributed by atoms with E-state index in [0.29, 0.717) is 28.6 Å². The summed E-state index contributed by atoms with van der Waals surface area (Å²) in [6.45, 7) is 1.71. The van der Waals surface area contributed by atoms with Gasteiger partial charge in [0, 0.05) is 0 Å². The molecule has 5 heteroatoms. The van der Waals surface area contributed by atoms with Crippen molar-refractivity contribution in [2.24, 2.45) is 0 Å². The van der Waals surface area contributed by atoms with Crippen LogP contribution in [0.15, 0.2) is 18.2 Å². The molecule has 0 radical (unpaired) electrons. The molecule has 5 nitrogen and oxygen atoms in total. The maximum absolute atomic E-state index is 11.3. The Hall–Kier alpha value is -2.30. The second-order valence-electron chi connectivity index (χ2n) is 3.51. The highest BCUT2D eigenvalue weighted by Crippen LogP contribution is 2.14. The molecule has 1 aromatic carbocycles. The number of carbonyl (C=O) groups is 2. The number of nitrogens with zero attached hydrogens (tertiary/aromatic N) is 2. The number of aldehydes is 1. The molecule has 0 aliphatic rings. The van der Waals surface area contributed by atoms with Crippen molar-refractivity contribution in [2.45, 2.75) is 6.92 Å². The third-order valence-corrected chi connectivity index (χ3v) is 2.41. The van der Waals surface area contributed by atoms with Gasteiger partial charge >= 0.3 is 5.97 Å². The lowest BCUT2D eigenvalue weighted by Crippen LogP contribution is -2.02. The number of ether oxygens (including phenoxy) is 1. The van der Waals surface area contributed by atoms with Crippen molar-refractivity contribution in [3.05, 3.63) is 35.2 Å². The molecular formula is C12H10N2O3. The molecule has 0 N–H and O–H groups in total. The van der Waals surface area contributed by atoms with Crippen molar-refractivity contribution < 1.29 is 14.3 Å². The minimum atomic E-state index is -0.443. The lowest BCUT2D eigenvalue weighted by Gasteiger charge is -2.03. The molecule has 0 aliphatic heterocycles. The highest BCUT2D eigenvalue weighted by atomic mass is 16.5. The second kappa shape index (κ2) is 4.29. The lowest BCUT2D eigenvalue weighted by atomic mass is 10.2. The normalized spacial score (nSPS) is 10.2. The van der Waals surface area contributed by atoms with Gasteiger partial charge in [0.15, 0.2) is 6.29 Å². The van der Waals surface area contributed by atoms with Crippen LogP contribution < -0.4 is 0 Å². The van der Waals surface area contributed by atoms with Crippen LogP contribution in [0.25, 0.3) is 11.0 Å². The number of esters is 1. The van der Waals surface area contributed by atoms with Gasteiger partial charge in [-0.3, -0.25) is 4.79 Å². The maximum atomic E-state index is 11.3. The number of methoxy groups -OCH3 is 1. The van der Waals surface area contributed by atoms with E-state index in [9.17, 15) is 9.59 Å². The van der Waals surface area contributed by atoms with Gasteiger partial charge in [-0.2, -0.15) is 0 Å². The van der Waals surface area contributed by atoms with Crippen molar-refractivity contribution in [2.75, 3.05) is 7.11 Å². The molecule has 2 rings (SSSR count). The first-order valence-electron chi connectivity index (χ1n) is 4.97. The molecule has 0 amide bonds. The standard InChI is InChI=1S/C12H10N2O3/c1-7-11(6-15)14-10-5-8(12(16)17-2)3-4-9(10)13-7/h3-6H,1-2H3. The molecule has 1 aromatic heterocycles. The Morgan fingerprint density at radius 2 is 2.06 bits per heavy atom. The largest absolute Gasteiger partial charge is 0.465 e. The number of benzene rings is 1. The van der Waals surface area contributed by atoms with Crippen LogP contribution in [-0.4, -0.2) is 29.3 Å². The van der Waals surface area contributed by atoms with Gasteiger partial charge in [0.1, 0.15) is 5.69 Å². The monoisotopic (exact) mass is 230 g/mol. The molecule has 0 saturated heterocycles. The van der Waals surface area contributed by atoms with Crippen LogP contribution >= 0.6 is 0 Å². The third-order valence-electron chi connectivity index (χ3n) is 2.41. The van der Waals surface area contributed by atoms with Crippen molar-refractivity contribution in [3.8, 4) is 0 Å². The van der Waals surface area contributed by atoms with Crippen LogP contribution in [0.5, 0.6) is 0 Å². The highest BCUT2D eigenvalue weighted by molar-refractivity contribution is 5.93. The SMILES string of the molecule is COC(=O)c1ccc2nc(C)c(C=O)nc2c1. The Morgan fingerprint density at radius 3 is 2.71 bits per heavy atom. The van der Waals surface area contributed by atoms with Crippen LogP contribution in [0.4, 0.5) is 0 Å². The Kier molecular flexibility index (Phi) is 2.82. The molecule has 0 spiro atoms. The highest BCUT2D eigenvalue weighted by Gasteiger charge is 2.09. The van der Waals surface area contributed by atoms with Gasteiger partial charge in [-0.05, 0) is 25.1 Å². The predicted molar refractivity (Wildman–Crippen MR) is 61.0 cm³/mol. The molecule has 0 aliphatic carbocycles. The van der Waals surface area contributed by atoms with E-state index in [-0.39, 0.29) is 5.69 Å². The molecule has 0 fully saturated rings. The summed E-state index contributed by atoms with van der Waals surface area (Å²) >= 11 is 0. The molecule has 0 unspecified atom stereocenters. The van der Waals surface area contributed by atoms with Gasteiger partial charge < -0.3 is 4.74 Å². The van der Waals surface area contributed by atoms with Gasteiger partial charge in [0.25, 0.3) is 0 Å². The first-order chi connectivity index (χ1) is 8.15. The third kappa shape index (κ3) is 1.99. The number of hydrogen-bond donors (Lipinski definition) is 0. The predicted octanol–water partition coefficient (Wildman–Crippen LogP) is 1.54. The van der Waals surface area contributed by atoms with E-state index >= 15 is 0 Å². The second-order valence-corrected chi connectivity index (χ2v) is 3.51. The smallest absolute Gasteiger partial charge is 0.337 e. The Balaban J connectivity index is 2.64. The Morgan fingerprint density at radius 1 is 1.29 bits per heavy atom. The zero-order chi connectivity index (χ0) is 12.4. The summed E-state index contributed by atoms with van der Waals surface area (Å²) in [4.78, 5) is 30.4. The summed E-state index contributed by atoms with van der Waals surface area (Å²) in [6.07, 6.45) is 0.645. The fraction of sp³-hybridized carbons (Fsp3) is 0.167. The van der Waals surface area contributed by atoms with E-state index < -0.39 is 5.97 Å². The van der Waals surface area contributed by atoms with E-state index in [4.69, 9.17) is 0 Å². The molecule has 0 saturated carbocycles. The first-order valence-corrected chi connectivity index (χ1v) is 4.97. The summed E-state index contributed by atoms with van der Waals surface area (Å²) in [5.41, 5.74) is 2.37. The fourth-order valence-electron chi connectivity index (χ4n) is 1.51. The first kappa shape index (κ1) is 11.2. The number of carbonyl (C=O) groups excluding carboxylic acids is 2. The number of fused-ring (bicyclic) bond motifs is 1. The van der Waals surface area contributed by atoms with E-state index in [2.05, 4.69) is 14.7 Å². The van der Waals surface area contributed by atoms with Crippen molar-refractivity contribution in [1.29, 1.82) is 0 Å². The van der Waals surface area contributed by atoms with Gasteiger partial charge in [-0.15, -0.1) is 0 Å². The van der Waals surface area contributed by atoms with Crippen molar-refractivity contribution in [3.63, 3.8) is 0 Å². The van der Waals surface area contributed by atoms with Gasteiger partial charge in [-0.1, -0.05) is 0 Å². The Bertz CT molecular complexity index is 608. The van der Waals surface area contributed by atoms with Gasteiger partial charge in [-0.25, -0.2) is 14.8 Å². The zero-order valence-corrected chi connectivity index (χ0v) is 9.43. The zero-order valence-electron chi connectivity index (χ0n) is 9.43. The Labute approximate surface area is 97.4 Å². The molecule has 0 atom stereocenters. The fourth-order valence-corrected chi connectivity index (χ4v) is 1.51. The maximum Gasteiger partial charge on any atom is 0.337 e. The lowest BCUT2D eigenvalue weighted by molar-refractivity contribution is 0.0601. The summed E-state index contributed by atoms with van der Waals surface area (Å²) in [5, 5.41) is 0. The number of hydrogen-bond acceptors (Lipinski definition) is 5. The molecule has 17 heavy (non-hydrogen) atoms.